The standard InChI is InChI=1S/C19H19N3O4/c1-20(2)16-5-3-14(4-6-16)11-19(23)26-13-21-10-9-15-12-17(22(24)25)7-8-18(15)21/h3-10,12H,11,13H2,1-2H3. The molecule has 0 spiro atoms. The summed E-state index contributed by atoms with van der Waals surface area (Å²) in [6.45, 7) is 0.0654. The summed E-state index contributed by atoms with van der Waals surface area (Å²) in [5, 5.41) is 11.6. The fourth-order valence-electron chi connectivity index (χ4n) is 2.68. The second-order valence-corrected chi connectivity index (χ2v) is 6.17. The lowest BCUT2D eigenvalue weighted by molar-refractivity contribution is -0.384. The summed E-state index contributed by atoms with van der Waals surface area (Å²) in [6, 6.07) is 14.1. The molecule has 7 nitrogen and oxygen atoms in total. The van der Waals surface area contributed by atoms with Crippen molar-refractivity contribution in [1.82, 2.24) is 4.57 Å². The maximum absolute atomic E-state index is 12.1. The lowest BCUT2D eigenvalue weighted by atomic mass is 10.1. The zero-order chi connectivity index (χ0) is 18.7. The molecule has 0 aliphatic heterocycles. The van der Waals surface area contributed by atoms with Gasteiger partial charge in [-0.15, -0.1) is 0 Å². The number of esters is 1. The van der Waals surface area contributed by atoms with Crippen molar-refractivity contribution < 1.29 is 14.5 Å². The highest BCUT2D eigenvalue weighted by molar-refractivity contribution is 5.82. The molecule has 7 heteroatoms. The van der Waals surface area contributed by atoms with E-state index in [-0.39, 0.29) is 24.8 Å². The van der Waals surface area contributed by atoms with Crippen LogP contribution in [0.4, 0.5) is 11.4 Å². The van der Waals surface area contributed by atoms with Crippen LogP contribution in [0.1, 0.15) is 5.56 Å². The van der Waals surface area contributed by atoms with Crippen molar-refractivity contribution in [3.05, 3.63) is 70.4 Å². The topological polar surface area (TPSA) is 77.6 Å². The third-order valence-electron chi connectivity index (χ3n) is 4.13. The average molecular weight is 353 g/mol. The summed E-state index contributed by atoms with van der Waals surface area (Å²) >= 11 is 0. The van der Waals surface area contributed by atoms with Gasteiger partial charge in [0.1, 0.15) is 0 Å². The highest BCUT2D eigenvalue weighted by Gasteiger charge is 2.10. The van der Waals surface area contributed by atoms with Gasteiger partial charge in [-0.1, -0.05) is 12.1 Å². The molecule has 0 unspecified atom stereocenters. The monoisotopic (exact) mass is 353 g/mol. The van der Waals surface area contributed by atoms with Gasteiger partial charge in [-0.2, -0.15) is 0 Å². The number of carbonyl (C=O) groups excluding carboxylic acids is 1. The van der Waals surface area contributed by atoms with E-state index in [1.54, 1.807) is 22.9 Å². The van der Waals surface area contributed by atoms with E-state index in [2.05, 4.69) is 0 Å². The fourth-order valence-corrected chi connectivity index (χ4v) is 2.68. The van der Waals surface area contributed by atoms with Crippen LogP contribution in [0.5, 0.6) is 0 Å². The number of nitro groups is 1. The van der Waals surface area contributed by atoms with E-state index >= 15 is 0 Å². The molecule has 0 saturated carbocycles. The van der Waals surface area contributed by atoms with Crippen LogP contribution < -0.4 is 4.90 Å². The molecule has 0 amide bonds. The number of fused-ring (bicyclic) bond motifs is 1. The Balaban J connectivity index is 1.62. The van der Waals surface area contributed by atoms with Crippen molar-refractivity contribution >= 4 is 28.2 Å². The second-order valence-electron chi connectivity index (χ2n) is 6.17. The van der Waals surface area contributed by atoms with Crippen molar-refractivity contribution in [2.75, 3.05) is 19.0 Å². The largest absolute Gasteiger partial charge is 0.444 e. The quantitative estimate of drug-likeness (QED) is 0.386. The zero-order valence-corrected chi connectivity index (χ0v) is 14.6. The molecule has 0 bridgehead atoms. The highest BCUT2D eigenvalue weighted by Crippen LogP contribution is 2.22. The minimum atomic E-state index is -0.432. The first kappa shape index (κ1) is 17.5. The Morgan fingerprint density at radius 3 is 2.54 bits per heavy atom. The van der Waals surface area contributed by atoms with E-state index < -0.39 is 4.92 Å². The second kappa shape index (κ2) is 7.26. The van der Waals surface area contributed by atoms with Crippen LogP contribution in [0.15, 0.2) is 54.7 Å². The van der Waals surface area contributed by atoms with Gasteiger partial charge >= 0.3 is 5.97 Å². The predicted molar refractivity (Wildman–Crippen MR) is 99.2 cm³/mol. The third-order valence-corrected chi connectivity index (χ3v) is 4.13. The van der Waals surface area contributed by atoms with Crippen LogP contribution in [0.2, 0.25) is 0 Å². The number of nitro benzene ring substituents is 1. The number of nitrogens with zero attached hydrogens (tertiary/aromatic N) is 3. The van der Waals surface area contributed by atoms with E-state index in [4.69, 9.17) is 4.74 Å². The molecule has 1 aromatic heterocycles. The lowest BCUT2D eigenvalue weighted by Gasteiger charge is -2.12. The van der Waals surface area contributed by atoms with E-state index in [1.807, 2.05) is 43.3 Å². The van der Waals surface area contributed by atoms with Crippen molar-refractivity contribution in [3.8, 4) is 0 Å². The van der Waals surface area contributed by atoms with Gasteiger partial charge in [-0.25, -0.2) is 0 Å². The first-order valence-electron chi connectivity index (χ1n) is 8.09. The summed E-state index contributed by atoms with van der Waals surface area (Å²) < 4.78 is 7.08. The average Bonchev–Trinajstić information content (AvgIpc) is 3.02. The number of aromatic nitrogens is 1. The van der Waals surface area contributed by atoms with Crippen LogP contribution in [0.3, 0.4) is 0 Å². The Morgan fingerprint density at radius 2 is 1.88 bits per heavy atom. The number of ether oxygens (including phenoxy) is 1. The van der Waals surface area contributed by atoms with E-state index in [0.29, 0.717) is 0 Å². The maximum Gasteiger partial charge on any atom is 0.311 e. The Labute approximate surface area is 150 Å². The molecule has 2 aromatic carbocycles. The number of non-ortho nitro benzene ring substituents is 1. The summed E-state index contributed by atoms with van der Waals surface area (Å²) in [6.07, 6.45) is 1.94. The lowest BCUT2D eigenvalue weighted by Crippen LogP contribution is -2.12. The Morgan fingerprint density at radius 1 is 1.15 bits per heavy atom. The molecule has 1 heterocycles. The molecular formula is C19H19N3O4. The summed E-state index contributed by atoms with van der Waals surface area (Å²) in [4.78, 5) is 24.5. The van der Waals surface area contributed by atoms with Gasteiger partial charge in [0.25, 0.3) is 5.69 Å². The molecule has 134 valence electrons. The number of rotatable bonds is 6. The van der Waals surface area contributed by atoms with Gasteiger partial charge in [0.2, 0.25) is 0 Å². The van der Waals surface area contributed by atoms with E-state index in [9.17, 15) is 14.9 Å². The Hall–Kier alpha value is -3.35. The number of hydrogen-bond donors (Lipinski definition) is 0. The highest BCUT2D eigenvalue weighted by atomic mass is 16.6. The number of hydrogen-bond acceptors (Lipinski definition) is 5. The summed E-state index contributed by atoms with van der Waals surface area (Å²) in [7, 11) is 3.92. The maximum atomic E-state index is 12.1. The van der Waals surface area contributed by atoms with Crippen LogP contribution in [-0.4, -0.2) is 29.6 Å². The molecule has 0 aliphatic rings. The van der Waals surface area contributed by atoms with E-state index in [0.717, 1.165) is 22.2 Å². The van der Waals surface area contributed by atoms with Gasteiger partial charge in [0.05, 0.1) is 16.9 Å². The van der Waals surface area contributed by atoms with Crippen molar-refractivity contribution in [2.45, 2.75) is 13.2 Å². The molecule has 3 rings (SSSR count). The van der Waals surface area contributed by atoms with Gasteiger partial charge in [0.15, 0.2) is 6.73 Å². The molecule has 0 fully saturated rings. The van der Waals surface area contributed by atoms with E-state index in [1.165, 1.54) is 12.1 Å². The zero-order valence-electron chi connectivity index (χ0n) is 14.6. The molecule has 26 heavy (non-hydrogen) atoms. The summed E-state index contributed by atoms with van der Waals surface area (Å²) in [5.41, 5.74) is 2.76. The minimum absolute atomic E-state index is 0.0356. The van der Waals surface area contributed by atoms with Gasteiger partial charge in [-0.3, -0.25) is 14.9 Å². The van der Waals surface area contributed by atoms with Crippen molar-refractivity contribution in [2.24, 2.45) is 0 Å². The third kappa shape index (κ3) is 3.83. The van der Waals surface area contributed by atoms with Crippen LogP contribution in [0, 0.1) is 10.1 Å². The van der Waals surface area contributed by atoms with Crippen LogP contribution >= 0.6 is 0 Å². The molecular weight excluding hydrogens is 334 g/mol. The molecule has 0 N–H and O–H groups in total. The number of anilines is 1. The summed E-state index contributed by atoms with van der Waals surface area (Å²) in [5.74, 6) is -0.327. The predicted octanol–water partition coefficient (Wildman–Crippen LogP) is 3.36. The van der Waals surface area contributed by atoms with Crippen LogP contribution in [0.25, 0.3) is 10.9 Å². The molecule has 0 aliphatic carbocycles. The van der Waals surface area contributed by atoms with Crippen molar-refractivity contribution in [1.29, 1.82) is 0 Å². The minimum Gasteiger partial charge on any atom is -0.444 e. The van der Waals surface area contributed by atoms with Gasteiger partial charge < -0.3 is 14.2 Å². The molecule has 0 saturated heterocycles. The molecule has 0 radical (unpaired) electrons. The fraction of sp³-hybridized carbons (Fsp3) is 0.211. The number of benzene rings is 2. The SMILES string of the molecule is CN(C)c1ccc(CC(=O)OCn2ccc3cc([N+](=O)[O-])ccc32)cc1. The van der Waals surface area contributed by atoms with Gasteiger partial charge in [-0.05, 0) is 29.8 Å². The molecule has 3 aromatic rings. The smallest absolute Gasteiger partial charge is 0.311 e. The first-order chi connectivity index (χ1) is 12.4. The van der Waals surface area contributed by atoms with Gasteiger partial charge in [0, 0.05) is 43.5 Å². The van der Waals surface area contributed by atoms with Crippen LogP contribution in [-0.2, 0) is 22.7 Å². The Kier molecular flexibility index (Phi) is 4.88. The normalized spacial score (nSPS) is 10.7. The first-order valence-corrected chi connectivity index (χ1v) is 8.09. The van der Waals surface area contributed by atoms with Crippen molar-refractivity contribution in [3.63, 3.8) is 0 Å². The Bertz CT molecular complexity index is 945. The number of carbonyl (C=O) groups is 1. The molecule has 0 atom stereocenters.